The van der Waals surface area contributed by atoms with Gasteiger partial charge in [0.2, 0.25) is 5.91 Å². The average molecular weight is 670 g/mol. The highest BCUT2D eigenvalue weighted by atomic mass is 79.9. The molecule has 4 rings (SSSR count). The Morgan fingerprint density at radius 2 is 1.85 bits per heavy atom. The number of anilines is 1. The number of imidazole rings is 1. The first kappa shape index (κ1) is 31.1. The van der Waals surface area contributed by atoms with Crippen LogP contribution in [0.4, 0.5) is 5.82 Å². The van der Waals surface area contributed by atoms with Gasteiger partial charge in [-0.3, -0.25) is 19.1 Å². The number of nitrogens with one attached hydrogen (secondary N) is 1. The molecule has 13 nitrogen and oxygen atoms in total. The molecule has 0 radical (unpaired) electrons. The summed E-state index contributed by atoms with van der Waals surface area (Å²) < 4.78 is 30.1. The smallest absolute Gasteiger partial charge is 0.404 e. The van der Waals surface area contributed by atoms with E-state index in [4.69, 9.17) is 15.2 Å². The summed E-state index contributed by atoms with van der Waals surface area (Å²) >= 11 is 3.13. The van der Waals surface area contributed by atoms with E-state index in [1.807, 2.05) is 23.6 Å². The number of nitrogens with zero attached hydrogens (tertiary/aromatic N) is 3. The lowest BCUT2D eigenvalue weighted by Gasteiger charge is -2.17. The maximum atomic E-state index is 11.9. The van der Waals surface area contributed by atoms with Gasteiger partial charge in [-0.15, -0.1) is 0 Å². The number of carbonyl (C=O) groups excluding carboxylic acids is 1. The van der Waals surface area contributed by atoms with Crippen molar-refractivity contribution in [3.8, 4) is 5.75 Å². The lowest BCUT2D eigenvalue weighted by Crippen LogP contribution is -2.23. The van der Waals surface area contributed by atoms with Crippen molar-refractivity contribution in [3.63, 3.8) is 0 Å². The zero-order valence-corrected chi connectivity index (χ0v) is 25.4. The van der Waals surface area contributed by atoms with Gasteiger partial charge < -0.3 is 29.9 Å². The number of pyridine rings is 1. The molecule has 220 valence electrons. The number of alkyl halides is 1. The Kier molecular flexibility index (Phi) is 9.55. The number of phosphoric acid groups is 1. The monoisotopic (exact) mass is 669 g/mol. The van der Waals surface area contributed by atoms with Crippen LogP contribution in [0.15, 0.2) is 36.4 Å². The molecule has 0 unspecified atom stereocenters. The molecular formula is C25H30BrN5O8P2. The average Bonchev–Trinajstić information content (AvgIpc) is 3.25. The van der Waals surface area contributed by atoms with Gasteiger partial charge in [-0.1, -0.05) is 41.4 Å². The normalized spacial score (nSPS) is 12.2. The van der Waals surface area contributed by atoms with E-state index in [2.05, 4.69) is 26.2 Å². The molecule has 2 heterocycles. The van der Waals surface area contributed by atoms with Gasteiger partial charge in [0.1, 0.15) is 17.1 Å². The molecule has 0 aliphatic carbocycles. The number of aromatic nitrogens is 3. The molecule has 16 heteroatoms. The van der Waals surface area contributed by atoms with Crippen LogP contribution >= 0.6 is 31.3 Å². The fourth-order valence-corrected chi connectivity index (χ4v) is 5.89. The van der Waals surface area contributed by atoms with Gasteiger partial charge in [0.15, 0.2) is 5.82 Å². The van der Waals surface area contributed by atoms with Crippen molar-refractivity contribution >= 4 is 65.0 Å². The number of halogens is 1. The third-order valence-electron chi connectivity index (χ3n) is 6.32. The second-order valence-electron chi connectivity index (χ2n) is 9.51. The molecule has 0 aliphatic heterocycles. The van der Waals surface area contributed by atoms with Crippen LogP contribution < -0.4 is 15.6 Å². The van der Waals surface area contributed by atoms with Gasteiger partial charge in [0, 0.05) is 24.9 Å². The molecule has 0 bridgehead atoms. The summed E-state index contributed by atoms with van der Waals surface area (Å²) in [6, 6.07) is 9.48. The molecule has 4 aromatic rings. The molecule has 0 saturated heterocycles. The highest BCUT2D eigenvalue weighted by Crippen LogP contribution is 2.43. The van der Waals surface area contributed by atoms with E-state index < -0.39 is 21.6 Å². The summed E-state index contributed by atoms with van der Waals surface area (Å²) in [7, 11) is -9.39. The molecule has 0 atom stereocenters. The van der Waals surface area contributed by atoms with E-state index in [-0.39, 0.29) is 41.5 Å². The Bertz CT molecular complexity index is 1700. The van der Waals surface area contributed by atoms with Crippen LogP contribution in [0.3, 0.4) is 0 Å². The van der Waals surface area contributed by atoms with Crippen LogP contribution in [0, 0.1) is 0 Å². The molecule has 41 heavy (non-hydrogen) atoms. The molecule has 0 saturated carbocycles. The fraction of sp³-hybridized carbons (Fsp3) is 0.320. The van der Waals surface area contributed by atoms with Crippen LogP contribution in [0.5, 0.6) is 5.75 Å². The summed E-state index contributed by atoms with van der Waals surface area (Å²) in [4.78, 5) is 59.2. The number of fused-ring (bicyclic) bond motifs is 3. The molecular weight excluding hydrogens is 640 g/mol. The fourth-order valence-electron chi connectivity index (χ4n) is 4.55. The summed E-state index contributed by atoms with van der Waals surface area (Å²) in [6.07, 6.45) is 1.66. The standard InChI is InChI=1S/C25H30BrN5O8P2/c1-2-3-4-21-30-23-24(19-9-15(12-28-22(32)11-26)5-8-20(19)29-25(23)27)31(21)13-17-10-18(39-41(36,37)38)7-6-16(17)14-40(33,34)35/h5-10H,2-4,11-14H2,1H3,(H2,27,29)(H,28,32)(H2,33,34,35)(H2,36,37,38). The van der Waals surface area contributed by atoms with Crippen molar-refractivity contribution in [1.29, 1.82) is 0 Å². The lowest BCUT2D eigenvalue weighted by molar-refractivity contribution is -0.118. The third-order valence-corrected chi connectivity index (χ3v) is 8.03. The summed E-state index contributed by atoms with van der Waals surface area (Å²) in [6.45, 7) is 2.36. The second kappa shape index (κ2) is 12.6. The van der Waals surface area contributed by atoms with E-state index in [0.717, 1.165) is 18.4 Å². The number of phosphoric ester groups is 1. The Labute approximate surface area is 243 Å². The summed E-state index contributed by atoms with van der Waals surface area (Å²) in [5.41, 5.74) is 9.46. The second-order valence-corrected chi connectivity index (χ2v) is 12.9. The van der Waals surface area contributed by atoms with E-state index in [0.29, 0.717) is 39.7 Å². The number of hydrogen-bond donors (Lipinski definition) is 6. The predicted octanol–water partition coefficient (Wildman–Crippen LogP) is 3.72. The number of nitrogen functional groups attached to an aromatic ring is 1. The minimum absolute atomic E-state index is 0.0480. The Balaban J connectivity index is 1.93. The van der Waals surface area contributed by atoms with E-state index >= 15 is 0 Å². The maximum Gasteiger partial charge on any atom is 0.524 e. The molecule has 1 amide bonds. The molecule has 2 aromatic carbocycles. The first-order valence-corrected chi connectivity index (χ1v) is 17.0. The van der Waals surface area contributed by atoms with Gasteiger partial charge >= 0.3 is 15.4 Å². The third kappa shape index (κ3) is 7.92. The van der Waals surface area contributed by atoms with Gasteiger partial charge in [-0.2, -0.15) is 0 Å². The summed E-state index contributed by atoms with van der Waals surface area (Å²) in [5, 5.41) is 3.68. The molecule has 0 aliphatic rings. The van der Waals surface area contributed by atoms with Crippen molar-refractivity contribution < 1.29 is 38.0 Å². The number of rotatable bonds is 12. The summed E-state index contributed by atoms with van der Waals surface area (Å²) in [5.74, 6) is 0.536. The van der Waals surface area contributed by atoms with Gasteiger partial charge in [0.05, 0.1) is 22.5 Å². The van der Waals surface area contributed by atoms with Gasteiger partial charge in [0.25, 0.3) is 0 Å². The number of unbranched alkanes of at least 4 members (excludes halogenated alkanes) is 1. The molecule has 0 fully saturated rings. The van der Waals surface area contributed by atoms with Crippen LogP contribution in [-0.4, -0.2) is 45.3 Å². The van der Waals surface area contributed by atoms with Crippen molar-refractivity contribution in [1.82, 2.24) is 19.9 Å². The molecule has 7 N–H and O–H groups in total. The zero-order valence-electron chi connectivity index (χ0n) is 22.0. The van der Waals surface area contributed by atoms with Crippen LogP contribution in [0.1, 0.15) is 42.3 Å². The van der Waals surface area contributed by atoms with Crippen molar-refractivity contribution in [2.24, 2.45) is 0 Å². The van der Waals surface area contributed by atoms with Crippen molar-refractivity contribution in [2.45, 2.75) is 45.4 Å². The molecule has 2 aromatic heterocycles. The number of amides is 1. The van der Waals surface area contributed by atoms with Gasteiger partial charge in [-0.25, -0.2) is 14.5 Å². The Morgan fingerprint density at radius 3 is 2.51 bits per heavy atom. The topological polar surface area (TPSA) is 210 Å². The number of carbonyl (C=O) groups is 1. The minimum Gasteiger partial charge on any atom is -0.404 e. The first-order valence-electron chi connectivity index (χ1n) is 12.6. The van der Waals surface area contributed by atoms with Gasteiger partial charge in [-0.05, 0) is 47.4 Å². The number of aryl methyl sites for hydroxylation is 1. The SMILES string of the molecule is CCCCc1nc2c(N)nc3ccc(CNC(=O)CBr)cc3c2n1Cc1cc(OP(=O)(O)O)ccc1CP(=O)(O)O. The predicted molar refractivity (Wildman–Crippen MR) is 158 cm³/mol. The Morgan fingerprint density at radius 1 is 1.10 bits per heavy atom. The zero-order chi connectivity index (χ0) is 29.9. The van der Waals surface area contributed by atoms with Crippen molar-refractivity contribution in [3.05, 3.63) is 58.9 Å². The Hall–Kier alpha value is -2.83. The van der Waals surface area contributed by atoms with Crippen LogP contribution in [0.25, 0.3) is 21.9 Å². The number of benzene rings is 2. The van der Waals surface area contributed by atoms with Crippen LogP contribution in [-0.2, 0) is 39.6 Å². The largest absolute Gasteiger partial charge is 0.524 e. The van der Waals surface area contributed by atoms with Crippen molar-refractivity contribution in [2.75, 3.05) is 11.1 Å². The van der Waals surface area contributed by atoms with E-state index in [1.165, 1.54) is 18.2 Å². The first-order chi connectivity index (χ1) is 19.3. The highest BCUT2D eigenvalue weighted by Gasteiger charge is 2.23. The van der Waals surface area contributed by atoms with Crippen LogP contribution in [0.2, 0.25) is 0 Å². The number of hydrogen-bond acceptors (Lipinski definition) is 7. The minimum atomic E-state index is -4.89. The van der Waals surface area contributed by atoms with E-state index in [1.54, 1.807) is 6.07 Å². The van der Waals surface area contributed by atoms with E-state index in [9.17, 15) is 33.5 Å². The maximum absolute atomic E-state index is 11.9. The molecule has 0 spiro atoms. The number of nitrogens with two attached hydrogens (primary N) is 1. The lowest BCUT2D eigenvalue weighted by atomic mass is 10.1. The highest BCUT2D eigenvalue weighted by molar-refractivity contribution is 9.09. The quantitative estimate of drug-likeness (QED) is 0.0945.